The summed E-state index contributed by atoms with van der Waals surface area (Å²) in [7, 11) is 1.64. The fourth-order valence-corrected chi connectivity index (χ4v) is 1.94. The van der Waals surface area contributed by atoms with Crippen LogP contribution in [0.5, 0.6) is 0 Å². The molecule has 0 amide bonds. The Kier molecular flexibility index (Phi) is 6.53. The first-order chi connectivity index (χ1) is 9.11. The third-order valence-electron chi connectivity index (χ3n) is 3.13. The van der Waals surface area contributed by atoms with Crippen molar-refractivity contribution in [1.29, 1.82) is 0 Å². The molecule has 0 aliphatic carbocycles. The molecular formula is C15H23NO3. The van der Waals surface area contributed by atoms with Crippen molar-refractivity contribution < 1.29 is 14.3 Å². The molecule has 4 nitrogen and oxygen atoms in total. The summed E-state index contributed by atoms with van der Waals surface area (Å²) in [6.07, 6.45) is 0. The van der Waals surface area contributed by atoms with E-state index in [1.807, 2.05) is 39.0 Å². The summed E-state index contributed by atoms with van der Waals surface area (Å²) in [5.74, 6) is -0.243. The van der Waals surface area contributed by atoms with E-state index >= 15 is 0 Å². The van der Waals surface area contributed by atoms with Crippen molar-refractivity contribution in [2.75, 3.05) is 26.9 Å². The number of hydrogen-bond acceptors (Lipinski definition) is 4. The van der Waals surface area contributed by atoms with Crippen molar-refractivity contribution in [3.8, 4) is 0 Å². The maximum absolute atomic E-state index is 12.1. The third-order valence-corrected chi connectivity index (χ3v) is 3.13. The van der Waals surface area contributed by atoms with Crippen LogP contribution in [0.1, 0.15) is 29.7 Å². The van der Waals surface area contributed by atoms with Crippen molar-refractivity contribution in [3.05, 3.63) is 34.9 Å². The number of carbonyl (C=O) groups excluding carboxylic acids is 1. The lowest BCUT2D eigenvalue weighted by Crippen LogP contribution is -2.33. The number of benzene rings is 1. The summed E-state index contributed by atoms with van der Waals surface area (Å²) >= 11 is 0. The van der Waals surface area contributed by atoms with Gasteiger partial charge in [0.2, 0.25) is 0 Å². The molecule has 0 fully saturated rings. The Balaban J connectivity index is 2.94. The van der Waals surface area contributed by atoms with E-state index in [0.717, 1.165) is 11.1 Å². The summed E-state index contributed by atoms with van der Waals surface area (Å²) < 4.78 is 10.1. The normalized spacial score (nSPS) is 12.2. The highest BCUT2D eigenvalue weighted by Gasteiger charge is 2.23. The van der Waals surface area contributed by atoms with E-state index < -0.39 is 6.04 Å². The minimum atomic E-state index is -0.435. The molecule has 19 heavy (non-hydrogen) atoms. The Morgan fingerprint density at radius 1 is 1.37 bits per heavy atom. The molecule has 4 heteroatoms. The molecule has 0 saturated heterocycles. The first-order valence-corrected chi connectivity index (χ1v) is 6.56. The second-order valence-corrected chi connectivity index (χ2v) is 4.42. The fourth-order valence-electron chi connectivity index (χ4n) is 1.94. The number of rotatable bonds is 7. The van der Waals surface area contributed by atoms with Crippen LogP contribution in [0.15, 0.2) is 18.2 Å². The van der Waals surface area contributed by atoms with E-state index in [1.165, 1.54) is 5.56 Å². The lowest BCUT2D eigenvalue weighted by Gasteiger charge is -2.20. The average molecular weight is 265 g/mol. The number of aryl methyl sites for hydroxylation is 1. The van der Waals surface area contributed by atoms with Crippen molar-refractivity contribution in [3.63, 3.8) is 0 Å². The Hall–Kier alpha value is -1.39. The van der Waals surface area contributed by atoms with Crippen molar-refractivity contribution in [1.82, 2.24) is 5.32 Å². The van der Waals surface area contributed by atoms with Gasteiger partial charge in [-0.05, 0) is 37.5 Å². The zero-order valence-electron chi connectivity index (χ0n) is 12.2. The summed E-state index contributed by atoms with van der Waals surface area (Å²) in [6, 6.07) is 5.52. The van der Waals surface area contributed by atoms with Crippen molar-refractivity contribution >= 4 is 5.97 Å². The van der Waals surface area contributed by atoms with Gasteiger partial charge >= 0.3 is 5.97 Å². The third kappa shape index (κ3) is 4.33. The minimum absolute atomic E-state index is 0.243. The molecule has 0 aliphatic heterocycles. The number of ether oxygens (including phenoxy) is 2. The lowest BCUT2D eigenvalue weighted by atomic mass is 9.97. The highest BCUT2D eigenvalue weighted by Crippen LogP contribution is 2.21. The Labute approximate surface area is 115 Å². The molecule has 0 aliphatic rings. The quantitative estimate of drug-likeness (QED) is 0.606. The summed E-state index contributed by atoms with van der Waals surface area (Å²) in [6.45, 7) is 7.42. The molecular weight excluding hydrogens is 242 g/mol. The first kappa shape index (κ1) is 15.7. The van der Waals surface area contributed by atoms with Gasteiger partial charge in [0.15, 0.2) is 0 Å². The van der Waals surface area contributed by atoms with Gasteiger partial charge in [0, 0.05) is 13.7 Å². The van der Waals surface area contributed by atoms with Gasteiger partial charge in [-0.2, -0.15) is 0 Å². The maximum Gasteiger partial charge on any atom is 0.327 e. The number of carbonyl (C=O) groups is 1. The summed E-state index contributed by atoms with van der Waals surface area (Å²) in [5, 5.41) is 3.19. The van der Waals surface area contributed by atoms with Gasteiger partial charge in [-0.15, -0.1) is 0 Å². The number of nitrogens with one attached hydrogen (secondary N) is 1. The van der Waals surface area contributed by atoms with Crippen molar-refractivity contribution in [2.45, 2.75) is 26.8 Å². The van der Waals surface area contributed by atoms with E-state index in [0.29, 0.717) is 19.8 Å². The molecule has 0 bridgehead atoms. The Bertz CT molecular complexity index is 418. The second kappa shape index (κ2) is 7.92. The number of esters is 1. The Morgan fingerprint density at radius 2 is 2.11 bits per heavy atom. The predicted molar refractivity (Wildman–Crippen MR) is 75.2 cm³/mol. The van der Waals surface area contributed by atoms with Gasteiger partial charge in [0.25, 0.3) is 0 Å². The zero-order chi connectivity index (χ0) is 14.3. The highest BCUT2D eigenvalue weighted by molar-refractivity contribution is 5.78. The van der Waals surface area contributed by atoms with E-state index in [4.69, 9.17) is 9.47 Å². The van der Waals surface area contributed by atoms with Gasteiger partial charge in [-0.25, -0.2) is 4.79 Å². The van der Waals surface area contributed by atoms with Crippen LogP contribution >= 0.6 is 0 Å². The highest BCUT2D eigenvalue weighted by atomic mass is 16.5. The Morgan fingerprint density at radius 3 is 2.74 bits per heavy atom. The lowest BCUT2D eigenvalue weighted by molar-refractivity contribution is -0.145. The second-order valence-electron chi connectivity index (χ2n) is 4.42. The molecule has 0 radical (unpaired) electrons. The molecule has 0 saturated carbocycles. The van der Waals surface area contributed by atoms with Gasteiger partial charge in [-0.1, -0.05) is 18.2 Å². The first-order valence-electron chi connectivity index (χ1n) is 6.56. The van der Waals surface area contributed by atoms with Crippen LogP contribution in [0.25, 0.3) is 0 Å². The molecule has 1 rings (SSSR count). The molecule has 1 aromatic carbocycles. The van der Waals surface area contributed by atoms with E-state index in [2.05, 4.69) is 5.32 Å². The molecule has 1 atom stereocenters. The number of hydrogen-bond donors (Lipinski definition) is 1. The van der Waals surface area contributed by atoms with Gasteiger partial charge in [0.05, 0.1) is 13.2 Å². The van der Waals surface area contributed by atoms with Crippen LogP contribution in [0.2, 0.25) is 0 Å². The topological polar surface area (TPSA) is 47.6 Å². The molecule has 1 N–H and O–H groups in total. The predicted octanol–water partition coefficient (Wildman–Crippen LogP) is 2.14. The largest absolute Gasteiger partial charge is 0.465 e. The van der Waals surface area contributed by atoms with Crippen LogP contribution in [0.3, 0.4) is 0 Å². The van der Waals surface area contributed by atoms with Gasteiger partial charge < -0.3 is 9.47 Å². The van der Waals surface area contributed by atoms with Crippen LogP contribution in [0, 0.1) is 13.8 Å². The van der Waals surface area contributed by atoms with Crippen LogP contribution < -0.4 is 5.32 Å². The average Bonchev–Trinajstić information content (AvgIpc) is 2.39. The molecule has 106 valence electrons. The summed E-state index contributed by atoms with van der Waals surface area (Å²) in [5.41, 5.74) is 3.25. The van der Waals surface area contributed by atoms with Crippen LogP contribution in [0.4, 0.5) is 0 Å². The molecule has 0 spiro atoms. The monoisotopic (exact) mass is 265 g/mol. The summed E-state index contributed by atoms with van der Waals surface area (Å²) in [4.78, 5) is 12.1. The number of methoxy groups -OCH3 is 1. The van der Waals surface area contributed by atoms with Crippen molar-refractivity contribution in [2.24, 2.45) is 0 Å². The smallest absolute Gasteiger partial charge is 0.327 e. The van der Waals surface area contributed by atoms with E-state index in [1.54, 1.807) is 7.11 Å². The van der Waals surface area contributed by atoms with E-state index in [-0.39, 0.29) is 5.97 Å². The molecule has 0 aromatic heterocycles. The molecule has 1 unspecified atom stereocenters. The van der Waals surface area contributed by atoms with Gasteiger partial charge in [-0.3, -0.25) is 5.32 Å². The van der Waals surface area contributed by atoms with Crippen LogP contribution in [-0.4, -0.2) is 32.8 Å². The van der Waals surface area contributed by atoms with Crippen LogP contribution in [-0.2, 0) is 14.3 Å². The molecule has 1 aromatic rings. The zero-order valence-corrected chi connectivity index (χ0v) is 12.2. The molecule has 0 heterocycles. The fraction of sp³-hybridized carbons (Fsp3) is 0.533. The SMILES string of the molecule is CCOC(=O)C(NCCOC)c1cccc(C)c1C. The van der Waals surface area contributed by atoms with Gasteiger partial charge in [0.1, 0.15) is 6.04 Å². The minimum Gasteiger partial charge on any atom is -0.465 e. The standard InChI is InChI=1S/C15H23NO3/c1-5-19-15(17)14(16-9-10-18-4)13-8-6-7-11(2)12(13)3/h6-8,14,16H,5,9-10H2,1-4H3. The van der Waals surface area contributed by atoms with E-state index in [9.17, 15) is 4.79 Å². The maximum atomic E-state index is 12.1.